The lowest BCUT2D eigenvalue weighted by Gasteiger charge is -2.17. The Kier molecular flexibility index (Phi) is 3.34. The van der Waals surface area contributed by atoms with Crippen molar-refractivity contribution in [3.8, 4) is 6.07 Å². The van der Waals surface area contributed by atoms with Crippen molar-refractivity contribution >= 4 is 5.95 Å². The monoisotopic (exact) mass is 264 g/mol. The van der Waals surface area contributed by atoms with Crippen LogP contribution in [0.5, 0.6) is 0 Å². The Balaban J connectivity index is 1.81. The average Bonchev–Trinajstić information content (AvgIpc) is 2.97. The molecule has 0 bridgehead atoms. The highest BCUT2D eigenvalue weighted by molar-refractivity contribution is 5.39. The van der Waals surface area contributed by atoms with Crippen molar-refractivity contribution in [2.75, 3.05) is 18.0 Å². The molecule has 1 aromatic heterocycles. The third-order valence-electron chi connectivity index (χ3n) is 3.70. The van der Waals surface area contributed by atoms with Crippen molar-refractivity contribution in [1.82, 2.24) is 9.97 Å². The van der Waals surface area contributed by atoms with Crippen LogP contribution in [0.1, 0.15) is 29.3 Å². The summed E-state index contributed by atoms with van der Waals surface area (Å²) in [5.41, 5.74) is 2.65. The largest absolute Gasteiger partial charge is 0.340 e. The summed E-state index contributed by atoms with van der Waals surface area (Å²) in [7, 11) is 0. The van der Waals surface area contributed by atoms with Crippen LogP contribution in [0.15, 0.2) is 36.4 Å². The third-order valence-corrected chi connectivity index (χ3v) is 3.70. The van der Waals surface area contributed by atoms with Crippen LogP contribution in [0.2, 0.25) is 0 Å². The first-order valence-corrected chi connectivity index (χ1v) is 6.82. The van der Waals surface area contributed by atoms with E-state index in [0.29, 0.717) is 17.6 Å². The lowest BCUT2D eigenvalue weighted by Crippen LogP contribution is -2.22. The fourth-order valence-corrected chi connectivity index (χ4v) is 2.69. The van der Waals surface area contributed by atoms with E-state index < -0.39 is 0 Å². The Morgan fingerprint density at radius 3 is 2.80 bits per heavy atom. The van der Waals surface area contributed by atoms with Crippen LogP contribution in [0.25, 0.3) is 0 Å². The molecule has 20 heavy (non-hydrogen) atoms. The van der Waals surface area contributed by atoms with E-state index >= 15 is 0 Å². The first-order chi connectivity index (χ1) is 9.76. The number of rotatable bonds is 2. The minimum atomic E-state index is 0.440. The Hall–Kier alpha value is -2.41. The number of aryl methyl sites for hydroxylation is 1. The Morgan fingerprint density at radius 1 is 1.25 bits per heavy atom. The molecule has 1 saturated heterocycles. The number of aromatic nitrogens is 2. The molecular formula is C16H16N4. The maximum atomic E-state index is 9.00. The molecule has 1 atom stereocenters. The standard InChI is InChI=1S/C16H16N4/c1-12-9-15(10-17)19-16(18-12)20-8-7-14(11-20)13-5-3-2-4-6-13/h2-6,9,14H,7-8,11H2,1H3. The summed E-state index contributed by atoms with van der Waals surface area (Å²) < 4.78 is 0. The molecule has 2 heterocycles. The number of anilines is 1. The molecule has 0 saturated carbocycles. The predicted molar refractivity (Wildman–Crippen MR) is 77.5 cm³/mol. The van der Waals surface area contributed by atoms with Gasteiger partial charge in [0.2, 0.25) is 5.95 Å². The van der Waals surface area contributed by atoms with Crippen molar-refractivity contribution in [3.63, 3.8) is 0 Å². The quantitative estimate of drug-likeness (QED) is 0.836. The molecule has 1 fully saturated rings. The van der Waals surface area contributed by atoms with Crippen LogP contribution in [-0.4, -0.2) is 23.1 Å². The molecule has 1 aliphatic rings. The van der Waals surface area contributed by atoms with Gasteiger partial charge in [-0.3, -0.25) is 0 Å². The molecule has 1 aliphatic heterocycles. The van der Waals surface area contributed by atoms with Gasteiger partial charge in [-0.05, 0) is 25.0 Å². The maximum absolute atomic E-state index is 9.00. The van der Waals surface area contributed by atoms with Crippen LogP contribution in [-0.2, 0) is 0 Å². The van der Waals surface area contributed by atoms with Crippen molar-refractivity contribution in [1.29, 1.82) is 5.26 Å². The Labute approximate surface area is 118 Å². The lowest BCUT2D eigenvalue weighted by molar-refractivity contribution is 0.772. The summed E-state index contributed by atoms with van der Waals surface area (Å²) in [6, 6.07) is 14.4. The van der Waals surface area contributed by atoms with Gasteiger partial charge in [-0.15, -0.1) is 0 Å². The molecule has 1 unspecified atom stereocenters. The maximum Gasteiger partial charge on any atom is 0.226 e. The fraction of sp³-hybridized carbons (Fsp3) is 0.312. The number of hydrogen-bond donors (Lipinski definition) is 0. The van der Waals surface area contributed by atoms with Crippen molar-refractivity contribution < 1.29 is 0 Å². The van der Waals surface area contributed by atoms with E-state index in [1.54, 1.807) is 6.07 Å². The van der Waals surface area contributed by atoms with Crippen molar-refractivity contribution in [2.45, 2.75) is 19.3 Å². The van der Waals surface area contributed by atoms with Gasteiger partial charge >= 0.3 is 0 Å². The molecule has 0 radical (unpaired) electrons. The van der Waals surface area contributed by atoms with Gasteiger partial charge < -0.3 is 4.90 Å². The zero-order valence-electron chi connectivity index (χ0n) is 11.5. The first-order valence-electron chi connectivity index (χ1n) is 6.82. The Bertz CT molecular complexity index is 645. The number of nitriles is 1. The van der Waals surface area contributed by atoms with E-state index in [1.165, 1.54) is 5.56 Å². The second kappa shape index (κ2) is 5.30. The Morgan fingerprint density at radius 2 is 2.05 bits per heavy atom. The fourth-order valence-electron chi connectivity index (χ4n) is 2.69. The van der Waals surface area contributed by atoms with E-state index in [2.05, 4.69) is 45.2 Å². The minimum absolute atomic E-state index is 0.440. The van der Waals surface area contributed by atoms with Crippen molar-refractivity contribution in [2.24, 2.45) is 0 Å². The van der Waals surface area contributed by atoms with Gasteiger partial charge in [0.25, 0.3) is 0 Å². The van der Waals surface area contributed by atoms with Gasteiger partial charge in [0.15, 0.2) is 0 Å². The normalized spacial score (nSPS) is 18.0. The van der Waals surface area contributed by atoms with E-state index in [4.69, 9.17) is 5.26 Å². The number of hydrogen-bond acceptors (Lipinski definition) is 4. The highest BCUT2D eigenvalue weighted by Gasteiger charge is 2.25. The summed E-state index contributed by atoms with van der Waals surface area (Å²) >= 11 is 0. The minimum Gasteiger partial charge on any atom is -0.340 e. The molecule has 0 amide bonds. The molecule has 1 aromatic carbocycles. The van der Waals surface area contributed by atoms with Crippen LogP contribution in [0.4, 0.5) is 5.95 Å². The molecule has 3 rings (SSSR count). The second-order valence-electron chi connectivity index (χ2n) is 5.15. The van der Waals surface area contributed by atoms with Crippen LogP contribution >= 0.6 is 0 Å². The molecule has 4 nitrogen and oxygen atoms in total. The average molecular weight is 264 g/mol. The van der Waals surface area contributed by atoms with E-state index in [1.807, 2.05) is 13.0 Å². The molecule has 0 aliphatic carbocycles. The van der Waals surface area contributed by atoms with Crippen LogP contribution in [0.3, 0.4) is 0 Å². The van der Waals surface area contributed by atoms with Gasteiger partial charge in [-0.25, -0.2) is 9.97 Å². The van der Waals surface area contributed by atoms with Crippen molar-refractivity contribution in [3.05, 3.63) is 53.3 Å². The van der Waals surface area contributed by atoms with Gasteiger partial charge in [0.1, 0.15) is 11.8 Å². The summed E-state index contributed by atoms with van der Waals surface area (Å²) in [6.45, 7) is 3.75. The van der Waals surface area contributed by atoms with Crippen LogP contribution in [0, 0.1) is 18.3 Å². The van der Waals surface area contributed by atoms with Gasteiger partial charge in [0, 0.05) is 24.7 Å². The van der Waals surface area contributed by atoms with E-state index in [0.717, 1.165) is 25.2 Å². The summed E-state index contributed by atoms with van der Waals surface area (Å²) in [6.07, 6.45) is 1.10. The summed E-state index contributed by atoms with van der Waals surface area (Å²) in [5.74, 6) is 1.20. The highest BCUT2D eigenvalue weighted by atomic mass is 15.3. The number of nitrogens with zero attached hydrogens (tertiary/aromatic N) is 4. The SMILES string of the molecule is Cc1cc(C#N)nc(N2CCC(c3ccccc3)C2)n1. The van der Waals surface area contributed by atoms with Gasteiger partial charge in [0.05, 0.1) is 0 Å². The summed E-state index contributed by atoms with van der Waals surface area (Å²) in [5, 5.41) is 9.00. The summed E-state index contributed by atoms with van der Waals surface area (Å²) in [4.78, 5) is 10.9. The lowest BCUT2D eigenvalue weighted by atomic mass is 9.99. The molecular weight excluding hydrogens is 248 g/mol. The van der Waals surface area contributed by atoms with Gasteiger partial charge in [-0.2, -0.15) is 5.26 Å². The molecule has 0 spiro atoms. The predicted octanol–water partition coefficient (Wildman–Crippen LogP) is 2.65. The van der Waals surface area contributed by atoms with Gasteiger partial charge in [-0.1, -0.05) is 30.3 Å². The number of benzene rings is 1. The third kappa shape index (κ3) is 2.48. The molecule has 0 N–H and O–H groups in total. The zero-order chi connectivity index (χ0) is 13.9. The van der Waals surface area contributed by atoms with E-state index in [9.17, 15) is 0 Å². The van der Waals surface area contributed by atoms with Crippen LogP contribution < -0.4 is 4.90 Å². The molecule has 4 heteroatoms. The first kappa shape index (κ1) is 12.6. The highest BCUT2D eigenvalue weighted by Crippen LogP contribution is 2.29. The topological polar surface area (TPSA) is 52.8 Å². The molecule has 100 valence electrons. The smallest absolute Gasteiger partial charge is 0.226 e. The molecule has 2 aromatic rings. The van der Waals surface area contributed by atoms with E-state index in [-0.39, 0.29) is 0 Å². The second-order valence-corrected chi connectivity index (χ2v) is 5.15. The zero-order valence-corrected chi connectivity index (χ0v) is 11.5.